The minimum Gasteiger partial charge on any atom is -0.152 e. The van der Waals surface area contributed by atoms with Crippen LogP contribution >= 0.6 is 11.3 Å². The topological polar surface area (TPSA) is 0 Å². The summed E-state index contributed by atoms with van der Waals surface area (Å²) in [5, 5.41) is 4.47. The Morgan fingerprint density at radius 1 is 1.38 bits per heavy atom. The Morgan fingerprint density at radius 2 is 2.23 bits per heavy atom. The third-order valence-electron chi connectivity index (χ3n) is 2.65. The number of hydrogen-bond donors (Lipinski definition) is 0. The highest BCUT2D eigenvalue weighted by Gasteiger charge is 2.06. The SMILES string of the molecule is CCCC[C@H](CC)Cc1ccsc1. The Kier molecular flexibility index (Phi) is 5.14. The average Bonchev–Trinajstić information content (AvgIpc) is 2.64. The fourth-order valence-electron chi connectivity index (χ4n) is 1.69. The fraction of sp³-hybridized carbons (Fsp3) is 0.667. The lowest BCUT2D eigenvalue weighted by Gasteiger charge is -2.12. The second-order valence-corrected chi connectivity index (χ2v) is 4.53. The van der Waals surface area contributed by atoms with E-state index in [-0.39, 0.29) is 0 Å². The Balaban J connectivity index is 2.31. The first-order chi connectivity index (χ1) is 6.36. The molecule has 0 saturated carbocycles. The molecule has 1 rings (SSSR count). The molecule has 0 fully saturated rings. The Morgan fingerprint density at radius 3 is 2.77 bits per heavy atom. The Labute approximate surface area is 86.0 Å². The van der Waals surface area contributed by atoms with E-state index in [2.05, 4.69) is 30.7 Å². The van der Waals surface area contributed by atoms with Crippen molar-refractivity contribution in [2.45, 2.75) is 46.0 Å². The van der Waals surface area contributed by atoms with Crippen LogP contribution in [-0.4, -0.2) is 0 Å². The zero-order valence-corrected chi connectivity index (χ0v) is 9.57. The van der Waals surface area contributed by atoms with Crippen LogP contribution in [0.3, 0.4) is 0 Å². The maximum Gasteiger partial charge on any atom is -0.00612 e. The standard InChI is InChI=1S/C12H20S/c1-3-5-6-11(4-2)9-12-7-8-13-10-12/h7-8,10-11H,3-6,9H2,1-2H3/t11-/m0/s1. The number of hydrogen-bond acceptors (Lipinski definition) is 1. The van der Waals surface area contributed by atoms with Crippen molar-refractivity contribution >= 4 is 11.3 Å². The molecule has 1 atom stereocenters. The summed E-state index contributed by atoms with van der Waals surface area (Å²) in [5.41, 5.74) is 1.54. The molecule has 0 nitrogen and oxygen atoms in total. The highest BCUT2D eigenvalue weighted by Crippen LogP contribution is 2.19. The highest BCUT2D eigenvalue weighted by molar-refractivity contribution is 7.07. The molecule has 0 aliphatic rings. The first-order valence-electron chi connectivity index (χ1n) is 5.37. The molecule has 1 heteroatoms. The average molecular weight is 196 g/mol. The number of rotatable bonds is 6. The molecule has 0 aliphatic heterocycles. The van der Waals surface area contributed by atoms with E-state index in [9.17, 15) is 0 Å². The molecule has 0 amide bonds. The van der Waals surface area contributed by atoms with E-state index < -0.39 is 0 Å². The molecule has 0 radical (unpaired) electrons. The predicted octanol–water partition coefficient (Wildman–Crippen LogP) is 4.51. The van der Waals surface area contributed by atoms with E-state index in [1.807, 2.05) is 11.3 Å². The van der Waals surface area contributed by atoms with Gasteiger partial charge in [-0.15, -0.1) is 0 Å². The van der Waals surface area contributed by atoms with E-state index in [1.54, 1.807) is 0 Å². The van der Waals surface area contributed by atoms with Gasteiger partial charge in [0.2, 0.25) is 0 Å². The number of unbranched alkanes of at least 4 members (excludes halogenated alkanes) is 1. The molecule has 1 heterocycles. The molecule has 0 bridgehead atoms. The van der Waals surface area contributed by atoms with Gasteiger partial charge >= 0.3 is 0 Å². The Hall–Kier alpha value is -0.300. The van der Waals surface area contributed by atoms with Gasteiger partial charge in [0.25, 0.3) is 0 Å². The molecule has 0 aromatic carbocycles. The van der Waals surface area contributed by atoms with E-state index in [4.69, 9.17) is 0 Å². The summed E-state index contributed by atoms with van der Waals surface area (Å²) in [6, 6.07) is 2.26. The molecular formula is C12H20S. The third-order valence-corrected chi connectivity index (χ3v) is 3.38. The van der Waals surface area contributed by atoms with E-state index >= 15 is 0 Å². The smallest absolute Gasteiger partial charge is 0.00612 e. The maximum atomic E-state index is 2.31. The van der Waals surface area contributed by atoms with Crippen LogP contribution in [0.25, 0.3) is 0 Å². The van der Waals surface area contributed by atoms with Gasteiger partial charge in [-0.25, -0.2) is 0 Å². The van der Waals surface area contributed by atoms with Crippen molar-refractivity contribution in [3.63, 3.8) is 0 Å². The molecule has 74 valence electrons. The van der Waals surface area contributed by atoms with Crippen LogP contribution in [0, 0.1) is 5.92 Å². The van der Waals surface area contributed by atoms with Gasteiger partial charge in [-0.3, -0.25) is 0 Å². The van der Waals surface area contributed by atoms with Crippen molar-refractivity contribution in [2.75, 3.05) is 0 Å². The summed E-state index contributed by atoms with van der Waals surface area (Å²) in [5.74, 6) is 0.912. The summed E-state index contributed by atoms with van der Waals surface area (Å²) in [7, 11) is 0. The lowest BCUT2D eigenvalue weighted by molar-refractivity contribution is 0.449. The largest absolute Gasteiger partial charge is 0.152 e. The first-order valence-corrected chi connectivity index (χ1v) is 6.32. The zero-order valence-electron chi connectivity index (χ0n) is 8.75. The van der Waals surface area contributed by atoms with Crippen molar-refractivity contribution in [1.82, 2.24) is 0 Å². The van der Waals surface area contributed by atoms with Gasteiger partial charge < -0.3 is 0 Å². The van der Waals surface area contributed by atoms with Crippen LogP contribution in [0.5, 0.6) is 0 Å². The summed E-state index contributed by atoms with van der Waals surface area (Å²) in [6.45, 7) is 4.59. The normalized spacial score (nSPS) is 13.1. The van der Waals surface area contributed by atoms with Crippen molar-refractivity contribution in [1.29, 1.82) is 0 Å². The Bertz CT molecular complexity index is 201. The van der Waals surface area contributed by atoms with E-state index in [1.165, 1.54) is 37.7 Å². The van der Waals surface area contributed by atoms with Crippen LogP contribution in [0.15, 0.2) is 16.8 Å². The molecule has 0 aliphatic carbocycles. The molecule has 0 saturated heterocycles. The minimum atomic E-state index is 0.912. The van der Waals surface area contributed by atoms with Gasteiger partial charge in [0.1, 0.15) is 0 Å². The van der Waals surface area contributed by atoms with Gasteiger partial charge in [0, 0.05) is 0 Å². The van der Waals surface area contributed by atoms with E-state index in [0.29, 0.717) is 0 Å². The van der Waals surface area contributed by atoms with E-state index in [0.717, 1.165) is 5.92 Å². The highest BCUT2D eigenvalue weighted by atomic mass is 32.1. The van der Waals surface area contributed by atoms with Gasteiger partial charge in [0.05, 0.1) is 0 Å². The molecular weight excluding hydrogens is 176 g/mol. The molecule has 0 unspecified atom stereocenters. The predicted molar refractivity (Wildman–Crippen MR) is 61.3 cm³/mol. The summed E-state index contributed by atoms with van der Waals surface area (Å²) >= 11 is 1.82. The van der Waals surface area contributed by atoms with Crippen LogP contribution < -0.4 is 0 Å². The van der Waals surface area contributed by atoms with Crippen LogP contribution in [0.1, 0.15) is 45.1 Å². The molecule has 1 aromatic heterocycles. The lowest BCUT2D eigenvalue weighted by atomic mass is 9.93. The zero-order chi connectivity index (χ0) is 9.52. The van der Waals surface area contributed by atoms with Gasteiger partial charge in [-0.1, -0.05) is 39.5 Å². The second-order valence-electron chi connectivity index (χ2n) is 3.75. The molecule has 13 heavy (non-hydrogen) atoms. The fourth-order valence-corrected chi connectivity index (χ4v) is 2.37. The summed E-state index contributed by atoms with van der Waals surface area (Å²) in [4.78, 5) is 0. The quantitative estimate of drug-likeness (QED) is 0.628. The van der Waals surface area contributed by atoms with Crippen molar-refractivity contribution < 1.29 is 0 Å². The monoisotopic (exact) mass is 196 g/mol. The summed E-state index contributed by atoms with van der Waals surface area (Å²) < 4.78 is 0. The minimum absolute atomic E-state index is 0.912. The lowest BCUT2D eigenvalue weighted by Crippen LogP contribution is -2.02. The molecule has 0 N–H and O–H groups in total. The van der Waals surface area contributed by atoms with Crippen molar-refractivity contribution in [3.8, 4) is 0 Å². The molecule has 0 spiro atoms. The van der Waals surface area contributed by atoms with Gasteiger partial charge in [-0.2, -0.15) is 11.3 Å². The summed E-state index contributed by atoms with van der Waals surface area (Å²) in [6.07, 6.45) is 6.75. The first kappa shape index (κ1) is 10.8. The third kappa shape index (κ3) is 3.95. The van der Waals surface area contributed by atoms with Crippen molar-refractivity contribution in [3.05, 3.63) is 22.4 Å². The van der Waals surface area contributed by atoms with Crippen molar-refractivity contribution in [2.24, 2.45) is 5.92 Å². The van der Waals surface area contributed by atoms with Crippen LogP contribution in [-0.2, 0) is 6.42 Å². The van der Waals surface area contributed by atoms with Gasteiger partial charge in [-0.05, 0) is 34.7 Å². The number of thiophene rings is 1. The maximum absolute atomic E-state index is 2.31. The van der Waals surface area contributed by atoms with Crippen LogP contribution in [0.2, 0.25) is 0 Å². The molecule has 1 aromatic rings. The van der Waals surface area contributed by atoms with Crippen LogP contribution in [0.4, 0.5) is 0 Å². The van der Waals surface area contributed by atoms with Gasteiger partial charge in [0.15, 0.2) is 0 Å². The second kappa shape index (κ2) is 6.20.